The van der Waals surface area contributed by atoms with Crippen molar-refractivity contribution in [3.63, 3.8) is 0 Å². The first-order chi connectivity index (χ1) is 9.74. The first kappa shape index (κ1) is 15.3. The van der Waals surface area contributed by atoms with Crippen LogP contribution in [0.25, 0.3) is 0 Å². The highest BCUT2D eigenvalue weighted by Crippen LogP contribution is 2.20. The molecule has 1 saturated heterocycles. The first-order valence-corrected chi connectivity index (χ1v) is 7.51. The van der Waals surface area contributed by atoms with Gasteiger partial charge in [0.05, 0.1) is 7.11 Å². The van der Waals surface area contributed by atoms with Gasteiger partial charge in [-0.1, -0.05) is 13.0 Å². The summed E-state index contributed by atoms with van der Waals surface area (Å²) in [6.07, 6.45) is 3.57. The SMILES string of the molecule is CCCN(Cc1ccc(OC)c(F)c1)C1CCCNC1. The topological polar surface area (TPSA) is 24.5 Å². The Balaban J connectivity index is 2.04. The Labute approximate surface area is 121 Å². The average molecular weight is 280 g/mol. The summed E-state index contributed by atoms with van der Waals surface area (Å²) < 4.78 is 18.7. The van der Waals surface area contributed by atoms with Crippen molar-refractivity contribution in [2.75, 3.05) is 26.7 Å². The highest BCUT2D eigenvalue weighted by Gasteiger charge is 2.20. The van der Waals surface area contributed by atoms with E-state index in [1.54, 1.807) is 12.1 Å². The molecule has 0 aliphatic carbocycles. The van der Waals surface area contributed by atoms with Crippen molar-refractivity contribution in [3.05, 3.63) is 29.6 Å². The highest BCUT2D eigenvalue weighted by molar-refractivity contribution is 5.29. The number of rotatable bonds is 6. The number of hydrogen-bond acceptors (Lipinski definition) is 3. The maximum atomic E-state index is 13.8. The third kappa shape index (κ3) is 3.93. The smallest absolute Gasteiger partial charge is 0.165 e. The lowest BCUT2D eigenvalue weighted by Gasteiger charge is -2.34. The molecule has 1 aliphatic rings. The summed E-state index contributed by atoms with van der Waals surface area (Å²) in [5, 5.41) is 3.45. The van der Waals surface area contributed by atoms with Gasteiger partial charge in [-0.25, -0.2) is 4.39 Å². The van der Waals surface area contributed by atoms with Gasteiger partial charge in [-0.3, -0.25) is 4.90 Å². The van der Waals surface area contributed by atoms with Gasteiger partial charge in [0.2, 0.25) is 0 Å². The van der Waals surface area contributed by atoms with Crippen LogP contribution in [-0.2, 0) is 6.54 Å². The number of nitrogens with zero attached hydrogens (tertiary/aromatic N) is 1. The molecule has 1 heterocycles. The lowest BCUT2D eigenvalue weighted by Crippen LogP contribution is -2.45. The lowest BCUT2D eigenvalue weighted by molar-refractivity contribution is 0.158. The molecular weight excluding hydrogens is 255 g/mol. The molecule has 1 unspecified atom stereocenters. The van der Waals surface area contributed by atoms with Crippen molar-refractivity contribution >= 4 is 0 Å². The van der Waals surface area contributed by atoms with E-state index in [2.05, 4.69) is 17.1 Å². The molecule has 20 heavy (non-hydrogen) atoms. The summed E-state index contributed by atoms with van der Waals surface area (Å²) in [5.74, 6) is 0.0401. The van der Waals surface area contributed by atoms with Crippen LogP contribution in [-0.4, -0.2) is 37.7 Å². The van der Waals surface area contributed by atoms with E-state index in [0.717, 1.165) is 38.2 Å². The van der Waals surface area contributed by atoms with Crippen LogP contribution >= 0.6 is 0 Å². The summed E-state index contributed by atoms with van der Waals surface area (Å²) in [7, 11) is 1.50. The van der Waals surface area contributed by atoms with Gasteiger partial charge in [0.15, 0.2) is 11.6 Å². The fourth-order valence-corrected chi connectivity index (χ4v) is 2.87. The summed E-state index contributed by atoms with van der Waals surface area (Å²) >= 11 is 0. The monoisotopic (exact) mass is 280 g/mol. The van der Waals surface area contributed by atoms with Gasteiger partial charge in [-0.15, -0.1) is 0 Å². The number of nitrogens with one attached hydrogen (secondary N) is 1. The van der Waals surface area contributed by atoms with Crippen molar-refractivity contribution in [1.29, 1.82) is 0 Å². The Hall–Kier alpha value is -1.13. The van der Waals surface area contributed by atoms with Crippen molar-refractivity contribution < 1.29 is 9.13 Å². The molecule has 0 aromatic heterocycles. The highest BCUT2D eigenvalue weighted by atomic mass is 19.1. The largest absolute Gasteiger partial charge is 0.494 e. The Bertz CT molecular complexity index is 419. The fraction of sp³-hybridized carbons (Fsp3) is 0.625. The molecule has 1 N–H and O–H groups in total. The number of halogens is 1. The molecule has 0 radical (unpaired) electrons. The molecule has 112 valence electrons. The minimum atomic E-state index is -0.275. The third-order valence-electron chi connectivity index (χ3n) is 3.90. The number of piperidine rings is 1. The molecule has 1 aromatic carbocycles. The van der Waals surface area contributed by atoms with Crippen LogP contribution in [0.5, 0.6) is 5.75 Å². The maximum absolute atomic E-state index is 13.8. The van der Waals surface area contributed by atoms with Gasteiger partial charge in [0, 0.05) is 19.1 Å². The van der Waals surface area contributed by atoms with Gasteiger partial charge < -0.3 is 10.1 Å². The molecule has 1 aliphatic heterocycles. The molecule has 0 bridgehead atoms. The third-order valence-corrected chi connectivity index (χ3v) is 3.90. The average Bonchev–Trinajstić information content (AvgIpc) is 2.48. The second-order valence-corrected chi connectivity index (χ2v) is 5.44. The lowest BCUT2D eigenvalue weighted by atomic mass is 10.0. The summed E-state index contributed by atoms with van der Waals surface area (Å²) in [6.45, 7) is 6.21. The first-order valence-electron chi connectivity index (χ1n) is 7.51. The van der Waals surface area contributed by atoms with Gasteiger partial charge in [0.25, 0.3) is 0 Å². The van der Waals surface area contributed by atoms with Crippen molar-refractivity contribution in [3.8, 4) is 5.75 Å². The van der Waals surface area contributed by atoms with E-state index >= 15 is 0 Å². The second kappa shape index (κ2) is 7.60. The normalized spacial score (nSPS) is 19.3. The molecule has 2 rings (SSSR count). The Morgan fingerprint density at radius 2 is 2.30 bits per heavy atom. The minimum Gasteiger partial charge on any atom is -0.494 e. The van der Waals surface area contributed by atoms with E-state index in [1.807, 2.05) is 6.07 Å². The van der Waals surface area contributed by atoms with Crippen LogP contribution < -0.4 is 10.1 Å². The molecule has 1 fully saturated rings. The molecule has 0 saturated carbocycles. The second-order valence-electron chi connectivity index (χ2n) is 5.44. The van der Waals surface area contributed by atoms with Gasteiger partial charge >= 0.3 is 0 Å². The minimum absolute atomic E-state index is 0.275. The molecular formula is C16H25FN2O. The molecule has 1 aromatic rings. The number of methoxy groups -OCH3 is 1. The standard InChI is InChI=1S/C16H25FN2O/c1-3-9-19(14-5-4-8-18-11-14)12-13-6-7-16(20-2)15(17)10-13/h6-7,10,14,18H,3-5,8-9,11-12H2,1-2H3. The zero-order chi connectivity index (χ0) is 14.4. The van der Waals surface area contributed by atoms with Crippen molar-refractivity contribution in [2.24, 2.45) is 0 Å². The Kier molecular flexibility index (Phi) is 5.80. The van der Waals surface area contributed by atoms with E-state index in [1.165, 1.54) is 20.0 Å². The van der Waals surface area contributed by atoms with E-state index in [-0.39, 0.29) is 5.82 Å². The predicted octanol–water partition coefficient (Wildman–Crippen LogP) is 2.80. The van der Waals surface area contributed by atoms with Crippen LogP contribution in [0.2, 0.25) is 0 Å². The number of benzene rings is 1. The quantitative estimate of drug-likeness (QED) is 0.867. The fourth-order valence-electron chi connectivity index (χ4n) is 2.87. The summed E-state index contributed by atoms with van der Waals surface area (Å²) in [4.78, 5) is 2.47. The molecule has 1 atom stereocenters. The zero-order valence-corrected chi connectivity index (χ0v) is 12.5. The molecule has 4 heteroatoms. The predicted molar refractivity (Wildman–Crippen MR) is 79.5 cm³/mol. The van der Waals surface area contributed by atoms with Crippen molar-refractivity contribution in [1.82, 2.24) is 10.2 Å². The Morgan fingerprint density at radius 3 is 2.90 bits per heavy atom. The number of ether oxygens (including phenoxy) is 1. The van der Waals surface area contributed by atoms with E-state index in [9.17, 15) is 4.39 Å². The van der Waals surface area contributed by atoms with E-state index in [0.29, 0.717) is 11.8 Å². The molecule has 0 amide bonds. The summed E-state index contributed by atoms with van der Waals surface area (Å²) in [6, 6.07) is 5.83. The number of hydrogen-bond donors (Lipinski definition) is 1. The van der Waals surface area contributed by atoms with E-state index in [4.69, 9.17) is 4.74 Å². The summed E-state index contributed by atoms with van der Waals surface area (Å²) in [5.41, 5.74) is 1.02. The molecule has 0 spiro atoms. The van der Waals surface area contributed by atoms with Gasteiger partial charge in [-0.05, 0) is 50.0 Å². The van der Waals surface area contributed by atoms with Crippen LogP contribution in [0, 0.1) is 5.82 Å². The van der Waals surface area contributed by atoms with Gasteiger partial charge in [0.1, 0.15) is 0 Å². The van der Waals surface area contributed by atoms with E-state index < -0.39 is 0 Å². The maximum Gasteiger partial charge on any atom is 0.165 e. The Morgan fingerprint density at radius 1 is 1.45 bits per heavy atom. The van der Waals surface area contributed by atoms with Gasteiger partial charge in [-0.2, -0.15) is 0 Å². The van der Waals surface area contributed by atoms with Crippen LogP contribution in [0.4, 0.5) is 4.39 Å². The van der Waals surface area contributed by atoms with Crippen LogP contribution in [0.15, 0.2) is 18.2 Å². The molecule has 3 nitrogen and oxygen atoms in total. The zero-order valence-electron chi connectivity index (χ0n) is 12.5. The van der Waals surface area contributed by atoms with Crippen molar-refractivity contribution in [2.45, 2.75) is 38.8 Å². The van der Waals surface area contributed by atoms with Crippen LogP contribution in [0.3, 0.4) is 0 Å². The van der Waals surface area contributed by atoms with Crippen LogP contribution in [0.1, 0.15) is 31.7 Å².